The Balaban J connectivity index is 1.51. The lowest BCUT2D eigenvalue weighted by molar-refractivity contribution is -0.119. The largest absolute Gasteiger partial charge is 0.379 e. The van der Waals surface area contributed by atoms with Gasteiger partial charge in [-0.1, -0.05) is 18.2 Å². The van der Waals surface area contributed by atoms with Crippen LogP contribution in [0, 0.1) is 13.8 Å². The molecule has 2 aliphatic heterocycles. The molecule has 0 spiro atoms. The fraction of sp³-hybridized carbons (Fsp3) is 0.524. The van der Waals surface area contributed by atoms with Crippen molar-refractivity contribution in [3.8, 4) is 0 Å². The minimum absolute atomic E-state index is 0.0255. The number of hydrogen-bond donors (Lipinski definition) is 0. The third kappa shape index (κ3) is 3.66. The number of ether oxygens (including phenoxy) is 1. The number of amides is 1. The number of carbonyl (C=O) groups excluding carboxylic acids is 1. The van der Waals surface area contributed by atoms with Gasteiger partial charge in [0.1, 0.15) is 4.90 Å². The molecule has 3 heterocycles. The first-order chi connectivity index (χ1) is 14.3. The Hall–Kier alpha value is -2.23. The van der Waals surface area contributed by atoms with Gasteiger partial charge in [-0.3, -0.25) is 9.48 Å². The molecule has 30 heavy (non-hydrogen) atoms. The van der Waals surface area contributed by atoms with E-state index in [4.69, 9.17) is 4.74 Å². The van der Waals surface area contributed by atoms with E-state index < -0.39 is 10.0 Å². The van der Waals surface area contributed by atoms with Crippen LogP contribution in [0.1, 0.15) is 30.3 Å². The zero-order valence-corrected chi connectivity index (χ0v) is 18.5. The summed E-state index contributed by atoms with van der Waals surface area (Å²) in [4.78, 5) is 15.1. The topological polar surface area (TPSA) is 84.7 Å². The van der Waals surface area contributed by atoms with E-state index in [1.165, 1.54) is 9.87 Å². The second-order valence-electron chi connectivity index (χ2n) is 7.94. The Morgan fingerprint density at radius 1 is 1.20 bits per heavy atom. The summed E-state index contributed by atoms with van der Waals surface area (Å²) in [6, 6.07) is 8.09. The highest BCUT2D eigenvalue weighted by atomic mass is 32.2. The molecule has 0 saturated carbocycles. The number of rotatable bonds is 5. The van der Waals surface area contributed by atoms with Crippen molar-refractivity contribution in [1.82, 2.24) is 14.1 Å². The molecule has 162 valence electrons. The van der Waals surface area contributed by atoms with Gasteiger partial charge in [-0.05, 0) is 38.8 Å². The minimum atomic E-state index is -3.63. The van der Waals surface area contributed by atoms with E-state index in [-0.39, 0.29) is 23.3 Å². The highest BCUT2D eigenvalue weighted by Gasteiger charge is 2.33. The van der Waals surface area contributed by atoms with E-state index in [1.54, 1.807) is 18.5 Å². The van der Waals surface area contributed by atoms with Gasteiger partial charge in [0, 0.05) is 31.2 Å². The predicted molar refractivity (Wildman–Crippen MR) is 113 cm³/mol. The molecule has 0 aliphatic carbocycles. The van der Waals surface area contributed by atoms with Gasteiger partial charge < -0.3 is 9.64 Å². The lowest BCUT2D eigenvalue weighted by Gasteiger charge is -2.26. The molecule has 2 aromatic rings. The standard InChI is InChI=1S/C21H28N4O4S/c1-15-14-18-6-4-5-7-19(18)25(15)20(26)8-9-24-17(3)21(16(2)22-24)30(27,28)23-10-12-29-13-11-23/h4-7,15H,8-14H2,1-3H3/t15-/m1/s1. The Bertz CT molecular complexity index is 1060. The zero-order valence-electron chi connectivity index (χ0n) is 17.7. The minimum Gasteiger partial charge on any atom is -0.379 e. The van der Waals surface area contributed by atoms with Crippen molar-refractivity contribution in [3.05, 3.63) is 41.2 Å². The molecule has 1 fully saturated rings. The number of aromatic nitrogens is 2. The molecule has 1 atom stereocenters. The van der Waals surface area contributed by atoms with Crippen LogP contribution in [0.4, 0.5) is 5.69 Å². The normalized spacial score (nSPS) is 19.8. The van der Waals surface area contributed by atoms with Crippen LogP contribution in [0.3, 0.4) is 0 Å². The summed E-state index contributed by atoms with van der Waals surface area (Å²) >= 11 is 0. The number of nitrogens with zero attached hydrogens (tertiary/aromatic N) is 4. The summed E-state index contributed by atoms with van der Waals surface area (Å²) in [6.45, 7) is 7.34. The van der Waals surface area contributed by atoms with Gasteiger partial charge in [0.25, 0.3) is 0 Å². The van der Waals surface area contributed by atoms with Gasteiger partial charge in [0.05, 0.1) is 31.1 Å². The number of sulfonamides is 1. The van der Waals surface area contributed by atoms with E-state index in [2.05, 4.69) is 11.2 Å². The molecule has 2 aliphatic rings. The average molecular weight is 433 g/mol. The third-order valence-corrected chi connectivity index (χ3v) is 8.05. The molecular weight excluding hydrogens is 404 g/mol. The van der Waals surface area contributed by atoms with Crippen LogP contribution < -0.4 is 4.90 Å². The van der Waals surface area contributed by atoms with Crippen molar-refractivity contribution < 1.29 is 17.9 Å². The maximum Gasteiger partial charge on any atom is 0.246 e. The Morgan fingerprint density at radius 2 is 1.90 bits per heavy atom. The molecule has 1 saturated heterocycles. The fourth-order valence-electron chi connectivity index (χ4n) is 4.46. The highest BCUT2D eigenvalue weighted by Crippen LogP contribution is 2.32. The summed E-state index contributed by atoms with van der Waals surface area (Å²) in [5.41, 5.74) is 3.19. The lowest BCUT2D eigenvalue weighted by Crippen LogP contribution is -2.41. The summed E-state index contributed by atoms with van der Waals surface area (Å²) in [6.07, 6.45) is 1.11. The number of anilines is 1. The van der Waals surface area contributed by atoms with Crippen molar-refractivity contribution in [2.75, 3.05) is 31.2 Å². The highest BCUT2D eigenvalue weighted by molar-refractivity contribution is 7.89. The number of carbonyl (C=O) groups is 1. The van der Waals surface area contributed by atoms with E-state index in [1.807, 2.05) is 30.0 Å². The van der Waals surface area contributed by atoms with Crippen LogP contribution in [0.5, 0.6) is 0 Å². The van der Waals surface area contributed by atoms with Crippen molar-refractivity contribution in [2.45, 2.75) is 51.1 Å². The Labute approximate surface area is 177 Å². The molecule has 0 unspecified atom stereocenters. The van der Waals surface area contributed by atoms with E-state index in [0.29, 0.717) is 44.2 Å². The van der Waals surface area contributed by atoms with Crippen LogP contribution in [0.25, 0.3) is 0 Å². The molecule has 8 nitrogen and oxygen atoms in total. The number of fused-ring (bicyclic) bond motifs is 1. The first-order valence-corrected chi connectivity index (χ1v) is 11.8. The maximum atomic E-state index is 13.1. The number of morpholine rings is 1. The maximum absolute atomic E-state index is 13.1. The molecule has 9 heteroatoms. The van der Waals surface area contributed by atoms with Gasteiger partial charge in [-0.25, -0.2) is 8.42 Å². The van der Waals surface area contributed by atoms with Crippen molar-refractivity contribution in [1.29, 1.82) is 0 Å². The summed E-state index contributed by atoms with van der Waals surface area (Å²) in [5.74, 6) is 0.0255. The molecule has 1 amide bonds. The van der Waals surface area contributed by atoms with Crippen molar-refractivity contribution in [2.24, 2.45) is 0 Å². The molecular formula is C21H28N4O4S. The van der Waals surface area contributed by atoms with Crippen molar-refractivity contribution >= 4 is 21.6 Å². The molecule has 0 N–H and O–H groups in total. The van der Waals surface area contributed by atoms with Crippen molar-refractivity contribution in [3.63, 3.8) is 0 Å². The Morgan fingerprint density at radius 3 is 2.63 bits per heavy atom. The lowest BCUT2D eigenvalue weighted by atomic mass is 10.1. The van der Waals surface area contributed by atoms with Gasteiger partial charge >= 0.3 is 0 Å². The monoisotopic (exact) mass is 432 g/mol. The number of benzene rings is 1. The number of hydrogen-bond acceptors (Lipinski definition) is 5. The van der Waals surface area contributed by atoms with Gasteiger partial charge in [0.15, 0.2) is 0 Å². The SMILES string of the molecule is Cc1nn(CCC(=O)N2c3ccccc3C[C@H]2C)c(C)c1S(=O)(=O)N1CCOCC1. The van der Waals surface area contributed by atoms with E-state index in [0.717, 1.165) is 12.1 Å². The molecule has 4 rings (SSSR count). The third-order valence-electron chi connectivity index (χ3n) is 5.90. The molecule has 1 aromatic carbocycles. The average Bonchev–Trinajstić information content (AvgIpc) is 3.21. The first kappa shape index (κ1) is 21.0. The Kier molecular flexibility index (Phi) is 5.69. The summed E-state index contributed by atoms with van der Waals surface area (Å²) in [5, 5.41) is 4.44. The van der Waals surface area contributed by atoms with E-state index in [9.17, 15) is 13.2 Å². The first-order valence-electron chi connectivity index (χ1n) is 10.3. The smallest absolute Gasteiger partial charge is 0.246 e. The van der Waals surface area contributed by atoms with Crippen LogP contribution in [0.2, 0.25) is 0 Å². The molecule has 0 bridgehead atoms. The number of para-hydroxylation sites is 1. The quantitative estimate of drug-likeness (QED) is 0.720. The van der Waals surface area contributed by atoms with Gasteiger partial charge in [-0.2, -0.15) is 9.40 Å². The zero-order chi connectivity index (χ0) is 21.5. The van der Waals surface area contributed by atoms with Gasteiger partial charge in [0.2, 0.25) is 15.9 Å². The van der Waals surface area contributed by atoms with Crippen LogP contribution >= 0.6 is 0 Å². The molecule has 1 aromatic heterocycles. The van der Waals surface area contributed by atoms with E-state index >= 15 is 0 Å². The second-order valence-corrected chi connectivity index (χ2v) is 9.81. The summed E-state index contributed by atoms with van der Waals surface area (Å²) < 4.78 is 34.6. The van der Waals surface area contributed by atoms with Crippen LogP contribution in [-0.2, 0) is 32.5 Å². The van der Waals surface area contributed by atoms with Gasteiger partial charge in [-0.15, -0.1) is 0 Å². The fourth-order valence-corrected chi connectivity index (χ4v) is 6.24. The molecule has 0 radical (unpaired) electrons. The van der Waals surface area contributed by atoms with Crippen LogP contribution in [0.15, 0.2) is 29.2 Å². The summed E-state index contributed by atoms with van der Waals surface area (Å²) in [7, 11) is -3.63. The predicted octanol–water partition coefficient (Wildman–Crippen LogP) is 1.89. The second kappa shape index (κ2) is 8.13. The van der Waals surface area contributed by atoms with Crippen LogP contribution in [-0.4, -0.2) is 60.8 Å². The number of aryl methyl sites for hydroxylation is 2.